The summed E-state index contributed by atoms with van der Waals surface area (Å²) in [5.74, 6) is 0.00553. The number of aliphatic carboxylic acids is 1. The van der Waals surface area contributed by atoms with Gasteiger partial charge in [0.2, 0.25) is 5.89 Å². The lowest BCUT2D eigenvalue weighted by Gasteiger charge is -2.19. The molecule has 5 rings (SSSR count). The van der Waals surface area contributed by atoms with Crippen molar-refractivity contribution >= 4 is 40.1 Å². The lowest BCUT2D eigenvalue weighted by atomic mass is 10.00. The Kier molecular flexibility index (Phi) is 8.93. The van der Waals surface area contributed by atoms with Crippen LogP contribution in [-0.4, -0.2) is 41.0 Å². The minimum atomic E-state index is -1.04. The van der Waals surface area contributed by atoms with E-state index in [9.17, 15) is 14.7 Å². The number of benzene rings is 4. The van der Waals surface area contributed by atoms with Gasteiger partial charge in [-0.3, -0.25) is 4.79 Å². The highest BCUT2D eigenvalue weighted by Crippen LogP contribution is 2.25. The summed E-state index contributed by atoms with van der Waals surface area (Å²) in [5.41, 5.74) is 3.59. The Morgan fingerprint density at radius 1 is 0.951 bits per heavy atom. The molecule has 0 aliphatic carbocycles. The zero-order valence-electron chi connectivity index (χ0n) is 22.0. The van der Waals surface area contributed by atoms with Gasteiger partial charge in [-0.15, -0.1) is 0 Å². The van der Waals surface area contributed by atoms with Crippen molar-refractivity contribution < 1.29 is 23.8 Å². The molecule has 208 valence electrons. The maximum absolute atomic E-state index is 13.1. The standard InChI is InChI=1S/C32H28ClN3O5/c33-23-12-15-26(25(19-23)31(37)22-6-2-1-3-7-22)35-28(32(38)39)18-21-10-13-24(14-11-21)40-17-16-34-20-30-36-27-8-4-5-9-29(27)41-30/h1-15,19,28,34-35H,16-18,20H2,(H,38,39). The number of anilines is 1. The molecule has 0 bridgehead atoms. The van der Waals surface area contributed by atoms with Crippen LogP contribution in [0.25, 0.3) is 11.1 Å². The molecule has 0 aliphatic rings. The second-order valence-corrected chi connectivity index (χ2v) is 9.81. The van der Waals surface area contributed by atoms with Crippen molar-refractivity contribution in [1.82, 2.24) is 10.3 Å². The van der Waals surface area contributed by atoms with Gasteiger partial charge in [-0.05, 0) is 48.0 Å². The normalized spacial score (nSPS) is 11.7. The molecule has 3 N–H and O–H groups in total. The predicted molar refractivity (Wildman–Crippen MR) is 158 cm³/mol. The summed E-state index contributed by atoms with van der Waals surface area (Å²) in [6, 6.07) is 27.5. The Morgan fingerprint density at radius 3 is 2.46 bits per heavy atom. The van der Waals surface area contributed by atoms with E-state index in [4.69, 9.17) is 20.8 Å². The number of hydrogen-bond acceptors (Lipinski definition) is 7. The van der Waals surface area contributed by atoms with E-state index in [2.05, 4.69) is 15.6 Å². The van der Waals surface area contributed by atoms with E-state index in [-0.39, 0.29) is 12.2 Å². The monoisotopic (exact) mass is 569 g/mol. The van der Waals surface area contributed by atoms with Crippen LogP contribution >= 0.6 is 11.6 Å². The molecule has 0 fully saturated rings. The Balaban J connectivity index is 1.15. The fourth-order valence-corrected chi connectivity index (χ4v) is 4.52. The van der Waals surface area contributed by atoms with Crippen LogP contribution in [0.3, 0.4) is 0 Å². The van der Waals surface area contributed by atoms with Crippen LogP contribution < -0.4 is 15.4 Å². The van der Waals surface area contributed by atoms with Gasteiger partial charge < -0.3 is 24.9 Å². The Hall–Kier alpha value is -4.66. The zero-order chi connectivity index (χ0) is 28.6. The first-order chi connectivity index (χ1) is 20.0. The molecule has 0 radical (unpaired) electrons. The third-order valence-electron chi connectivity index (χ3n) is 6.42. The lowest BCUT2D eigenvalue weighted by Crippen LogP contribution is -2.32. The summed E-state index contributed by atoms with van der Waals surface area (Å²) in [6.07, 6.45) is 0.198. The molecule has 1 unspecified atom stereocenters. The predicted octanol–water partition coefficient (Wildman–Crippen LogP) is 5.99. The summed E-state index contributed by atoms with van der Waals surface area (Å²) in [4.78, 5) is 29.7. The molecular weight excluding hydrogens is 542 g/mol. The Bertz CT molecular complexity index is 1600. The van der Waals surface area contributed by atoms with Gasteiger partial charge in [0, 0.05) is 34.8 Å². The fourth-order valence-electron chi connectivity index (χ4n) is 4.35. The maximum Gasteiger partial charge on any atom is 0.326 e. The molecule has 0 saturated heterocycles. The lowest BCUT2D eigenvalue weighted by molar-refractivity contribution is -0.137. The molecule has 1 atom stereocenters. The van der Waals surface area contributed by atoms with E-state index in [1.54, 1.807) is 42.5 Å². The number of rotatable bonds is 13. The van der Waals surface area contributed by atoms with Crippen molar-refractivity contribution in [3.8, 4) is 5.75 Å². The van der Waals surface area contributed by atoms with E-state index in [1.165, 1.54) is 0 Å². The van der Waals surface area contributed by atoms with Crippen molar-refractivity contribution in [2.45, 2.75) is 19.0 Å². The summed E-state index contributed by atoms with van der Waals surface area (Å²) in [7, 11) is 0. The molecule has 1 heterocycles. The van der Waals surface area contributed by atoms with Crippen LogP contribution in [0, 0.1) is 0 Å². The van der Waals surface area contributed by atoms with E-state index in [1.807, 2.05) is 54.6 Å². The van der Waals surface area contributed by atoms with E-state index in [0.717, 1.165) is 16.7 Å². The van der Waals surface area contributed by atoms with Gasteiger partial charge >= 0.3 is 5.97 Å². The number of carboxylic acid groups (broad SMARTS) is 1. The number of para-hydroxylation sites is 2. The highest BCUT2D eigenvalue weighted by atomic mass is 35.5. The number of oxazole rings is 1. The summed E-state index contributed by atoms with van der Waals surface area (Å²) in [5, 5.41) is 16.6. The number of halogens is 1. The Labute approximate surface area is 241 Å². The van der Waals surface area contributed by atoms with Gasteiger partial charge in [-0.25, -0.2) is 9.78 Å². The third-order valence-corrected chi connectivity index (χ3v) is 6.65. The van der Waals surface area contributed by atoms with Crippen LogP contribution in [0.2, 0.25) is 5.02 Å². The molecule has 5 aromatic rings. The molecule has 41 heavy (non-hydrogen) atoms. The maximum atomic E-state index is 13.1. The van der Waals surface area contributed by atoms with Gasteiger partial charge in [0.25, 0.3) is 0 Å². The summed E-state index contributed by atoms with van der Waals surface area (Å²) < 4.78 is 11.5. The van der Waals surface area contributed by atoms with Crippen LogP contribution in [0.4, 0.5) is 5.69 Å². The molecule has 0 aliphatic heterocycles. The van der Waals surface area contributed by atoms with Crippen molar-refractivity contribution in [3.05, 3.63) is 125 Å². The van der Waals surface area contributed by atoms with Crippen molar-refractivity contribution in [1.29, 1.82) is 0 Å². The van der Waals surface area contributed by atoms with Crippen molar-refractivity contribution in [3.63, 3.8) is 0 Å². The molecule has 0 spiro atoms. The number of hydrogen-bond donors (Lipinski definition) is 3. The van der Waals surface area contributed by atoms with Gasteiger partial charge in [0.05, 0.1) is 6.54 Å². The van der Waals surface area contributed by atoms with Gasteiger partial charge in [0.1, 0.15) is 23.9 Å². The molecule has 0 amide bonds. The number of carbonyl (C=O) groups excluding carboxylic acids is 1. The van der Waals surface area contributed by atoms with Gasteiger partial charge in [0.15, 0.2) is 11.4 Å². The van der Waals surface area contributed by atoms with Gasteiger partial charge in [-0.1, -0.05) is 66.2 Å². The van der Waals surface area contributed by atoms with E-state index in [0.29, 0.717) is 53.2 Å². The second kappa shape index (κ2) is 13.1. The highest BCUT2D eigenvalue weighted by Gasteiger charge is 2.22. The van der Waals surface area contributed by atoms with Crippen LogP contribution in [-0.2, 0) is 17.8 Å². The smallest absolute Gasteiger partial charge is 0.326 e. The number of carboxylic acids is 1. The topological polar surface area (TPSA) is 114 Å². The minimum Gasteiger partial charge on any atom is -0.492 e. The first-order valence-corrected chi connectivity index (χ1v) is 13.5. The van der Waals surface area contributed by atoms with E-state index < -0.39 is 12.0 Å². The number of fused-ring (bicyclic) bond motifs is 1. The van der Waals surface area contributed by atoms with Crippen molar-refractivity contribution in [2.24, 2.45) is 0 Å². The first kappa shape index (κ1) is 27.9. The quantitative estimate of drug-likeness (QED) is 0.117. The largest absolute Gasteiger partial charge is 0.492 e. The number of nitrogens with one attached hydrogen (secondary N) is 2. The third kappa shape index (κ3) is 7.30. The second-order valence-electron chi connectivity index (χ2n) is 9.37. The number of aromatic nitrogens is 1. The average molecular weight is 570 g/mol. The van der Waals surface area contributed by atoms with Crippen molar-refractivity contribution in [2.75, 3.05) is 18.5 Å². The van der Waals surface area contributed by atoms with Crippen LogP contribution in [0.15, 0.2) is 101 Å². The summed E-state index contributed by atoms with van der Waals surface area (Å²) in [6.45, 7) is 1.52. The SMILES string of the molecule is O=C(c1ccccc1)c1cc(Cl)ccc1NC(Cc1ccc(OCCNCc2nc3ccccc3o2)cc1)C(=O)O. The minimum absolute atomic E-state index is 0.198. The Morgan fingerprint density at radius 2 is 1.71 bits per heavy atom. The fraction of sp³-hybridized carbons (Fsp3) is 0.156. The number of ketones is 1. The molecule has 8 nitrogen and oxygen atoms in total. The van der Waals surface area contributed by atoms with Gasteiger partial charge in [-0.2, -0.15) is 0 Å². The summed E-state index contributed by atoms with van der Waals surface area (Å²) >= 11 is 6.17. The molecule has 1 aromatic heterocycles. The molecule has 9 heteroatoms. The number of nitrogens with zero attached hydrogens (tertiary/aromatic N) is 1. The highest BCUT2D eigenvalue weighted by molar-refractivity contribution is 6.31. The van der Waals surface area contributed by atoms with Crippen LogP contribution in [0.1, 0.15) is 27.4 Å². The number of carbonyl (C=O) groups is 2. The molecular formula is C32H28ClN3O5. The first-order valence-electron chi connectivity index (χ1n) is 13.1. The molecule has 4 aromatic carbocycles. The number of ether oxygens (including phenoxy) is 1. The van der Waals surface area contributed by atoms with E-state index >= 15 is 0 Å². The zero-order valence-corrected chi connectivity index (χ0v) is 22.8. The average Bonchev–Trinajstić information content (AvgIpc) is 3.41. The molecule has 0 saturated carbocycles. The van der Waals surface area contributed by atoms with Crippen LogP contribution in [0.5, 0.6) is 5.75 Å².